The number of hydrogen-bond donors (Lipinski definition) is 2. The van der Waals surface area contributed by atoms with Crippen molar-refractivity contribution >= 4 is 67.4 Å². The van der Waals surface area contributed by atoms with Crippen LogP contribution in [0.4, 0.5) is 36.4 Å². The van der Waals surface area contributed by atoms with Gasteiger partial charge in [0.1, 0.15) is 15.4 Å². The number of esters is 2. The van der Waals surface area contributed by atoms with Gasteiger partial charge in [0.25, 0.3) is 11.8 Å². The molecule has 1 aliphatic heterocycles. The number of hydrogen-bond acceptors (Lipinski definition) is 8. The molecule has 1 heterocycles. The van der Waals surface area contributed by atoms with Crippen LogP contribution < -0.4 is 10.6 Å². The molecular formula is C46H52F7IN2O8S. The van der Waals surface area contributed by atoms with Crippen LogP contribution in [0.5, 0.6) is 0 Å². The van der Waals surface area contributed by atoms with Crippen LogP contribution in [0.2, 0.25) is 0 Å². The molecule has 0 atom stereocenters. The van der Waals surface area contributed by atoms with Crippen LogP contribution in [0, 0.1) is 36.7 Å². The number of ether oxygens (including phenoxy) is 2. The van der Waals surface area contributed by atoms with E-state index in [0.717, 1.165) is 48.3 Å². The van der Waals surface area contributed by atoms with Crippen molar-refractivity contribution in [2.24, 2.45) is 5.41 Å². The Morgan fingerprint density at radius 2 is 1.37 bits per heavy atom. The number of halogens is 8. The first-order valence-electron chi connectivity index (χ1n) is 20.3. The van der Waals surface area contributed by atoms with Gasteiger partial charge >= 0.3 is 30.0 Å². The lowest BCUT2D eigenvalue weighted by atomic mass is 9.89. The lowest BCUT2D eigenvalue weighted by Crippen LogP contribution is -2.50. The molecule has 10 nitrogen and oxygen atoms in total. The zero-order valence-corrected chi connectivity index (χ0v) is 40.5. The van der Waals surface area contributed by atoms with Gasteiger partial charge in [-0.1, -0.05) is 56.7 Å². The van der Waals surface area contributed by atoms with Gasteiger partial charge in [0.15, 0.2) is 11.4 Å². The van der Waals surface area contributed by atoms with E-state index < -0.39 is 62.1 Å². The fraction of sp³-hybridized carbons (Fsp3) is 0.478. The first kappa shape index (κ1) is 53.1. The van der Waals surface area contributed by atoms with Gasteiger partial charge in [-0.25, -0.2) is 17.6 Å². The van der Waals surface area contributed by atoms with Gasteiger partial charge in [0, 0.05) is 26.6 Å². The molecule has 3 aromatic rings. The van der Waals surface area contributed by atoms with E-state index in [2.05, 4.69) is 22.8 Å². The van der Waals surface area contributed by atoms with E-state index in [9.17, 15) is 58.3 Å². The third-order valence-corrected chi connectivity index (χ3v) is 12.7. The monoisotopic (exact) mass is 1050 g/mol. The molecule has 65 heavy (non-hydrogen) atoms. The van der Waals surface area contributed by atoms with Gasteiger partial charge in [0.05, 0.1) is 23.3 Å². The smallest absolute Gasteiger partial charge is 0.435 e. The average Bonchev–Trinajstić information content (AvgIpc) is 3.68. The standard InChI is InChI=1S/C23H22F7IN2O4S.C23H30O4/c1-12-10-13(21(24,22(25,26)27)23(28,29)30)8-9-16(12)32-18(34)14-6-5-7-15(31)17(14)19(35)33-20(2,3)11-38(4,36)37;1-14-11-15(2)18(16(3)12-14)19-20(26-17(24)13-22(4,5)6)23(27-21(19)25)9-7-8-10-23/h5-10H,11H2,1-4H3,(H,32,34)(H,33,35);11-12H,7-10,13H2,1-6H3. The molecule has 1 aliphatic carbocycles. The molecule has 2 N–H and O–H groups in total. The largest absolute Gasteiger partial charge is 0.447 e. The lowest BCUT2D eigenvalue weighted by Gasteiger charge is -2.30. The summed E-state index contributed by atoms with van der Waals surface area (Å²) in [5.74, 6) is -2.38. The van der Waals surface area contributed by atoms with Crippen LogP contribution in [0.1, 0.15) is 121 Å². The molecule has 1 saturated carbocycles. The SMILES string of the molecule is Cc1cc(C(F)(C(F)(F)F)C(F)(F)F)ccc1NC(=O)c1cccc(I)c1C(=O)NC(C)(C)CS(C)(=O)=O.Cc1cc(C)c(C2=C(OC(=O)CC(C)(C)C)C3(CCCC3)OC2=O)c(C)c1. The number of sulfone groups is 1. The van der Waals surface area contributed by atoms with Gasteiger partial charge in [-0.2, -0.15) is 26.3 Å². The molecule has 0 aromatic heterocycles. The highest BCUT2D eigenvalue weighted by atomic mass is 127. The number of anilines is 1. The summed E-state index contributed by atoms with van der Waals surface area (Å²) in [7, 11) is -3.49. The highest BCUT2D eigenvalue weighted by molar-refractivity contribution is 14.1. The Balaban J connectivity index is 0.000000300. The molecule has 0 bridgehead atoms. The quantitative estimate of drug-likeness (QED) is 0.116. The first-order chi connectivity index (χ1) is 29.5. The van der Waals surface area contributed by atoms with Crippen molar-refractivity contribution < 1.29 is 67.8 Å². The Morgan fingerprint density at radius 1 is 0.815 bits per heavy atom. The maximum atomic E-state index is 14.4. The Kier molecular flexibility index (Phi) is 15.5. The molecule has 356 valence electrons. The van der Waals surface area contributed by atoms with Gasteiger partial charge < -0.3 is 20.1 Å². The first-order valence-corrected chi connectivity index (χ1v) is 23.5. The molecule has 0 unspecified atom stereocenters. The minimum atomic E-state index is -6.30. The van der Waals surface area contributed by atoms with Crippen LogP contribution in [-0.4, -0.2) is 67.7 Å². The number of rotatable bonds is 10. The molecule has 2 amide bonds. The van der Waals surface area contributed by atoms with Gasteiger partial charge in [-0.15, -0.1) is 0 Å². The second-order valence-electron chi connectivity index (χ2n) is 18.5. The third-order valence-electron chi connectivity index (χ3n) is 10.6. The van der Waals surface area contributed by atoms with Crippen molar-refractivity contribution in [2.45, 2.75) is 124 Å². The topological polar surface area (TPSA) is 145 Å². The number of amides is 2. The molecule has 1 fully saturated rings. The minimum absolute atomic E-state index is 0.140. The average molecular weight is 1050 g/mol. The zero-order valence-electron chi connectivity index (χ0n) is 37.6. The predicted octanol–water partition coefficient (Wildman–Crippen LogP) is 10.9. The third kappa shape index (κ3) is 12.3. The zero-order chi connectivity index (χ0) is 49.5. The summed E-state index contributed by atoms with van der Waals surface area (Å²) in [6.45, 7) is 16.0. The molecule has 3 aromatic carbocycles. The van der Waals surface area contributed by atoms with Crippen LogP contribution >= 0.6 is 22.6 Å². The molecular weight excluding hydrogens is 1000 g/mol. The van der Waals surface area contributed by atoms with E-state index in [1.54, 1.807) is 22.6 Å². The van der Waals surface area contributed by atoms with Crippen molar-refractivity contribution in [3.63, 3.8) is 0 Å². The van der Waals surface area contributed by atoms with E-state index in [0.29, 0.717) is 46.3 Å². The number of carbonyl (C=O) groups excluding carboxylic acids is 4. The highest BCUT2D eigenvalue weighted by Crippen LogP contribution is 2.54. The summed E-state index contributed by atoms with van der Waals surface area (Å²) in [4.78, 5) is 51.6. The second-order valence-corrected chi connectivity index (χ2v) is 21.8. The normalized spacial score (nSPS) is 15.6. The maximum absolute atomic E-state index is 14.4. The van der Waals surface area contributed by atoms with Crippen LogP contribution in [-0.2, 0) is 34.6 Å². The summed E-state index contributed by atoms with van der Waals surface area (Å²) < 4.78 is 128. The molecule has 19 heteroatoms. The number of carbonyl (C=O) groups is 4. The molecule has 2 aliphatic rings. The fourth-order valence-electron chi connectivity index (χ4n) is 8.09. The van der Waals surface area contributed by atoms with Gasteiger partial charge in [-0.05, 0) is 136 Å². The van der Waals surface area contributed by atoms with E-state index in [-0.39, 0.29) is 45.8 Å². The number of aryl methyl sites for hydroxylation is 4. The van der Waals surface area contributed by atoms with E-state index in [1.807, 2.05) is 41.5 Å². The summed E-state index contributed by atoms with van der Waals surface area (Å²) >= 11 is 1.77. The number of alkyl halides is 7. The Morgan fingerprint density at radius 3 is 1.86 bits per heavy atom. The lowest BCUT2D eigenvalue weighted by molar-refractivity contribution is -0.348. The summed E-state index contributed by atoms with van der Waals surface area (Å²) in [5, 5.41) is 4.84. The van der Waals surface area contributed by atoms with Crippen LogP contribution in [0.15, 0.2) is 54.3 Å². The van der Waals surface area contributed by atoms with Gasteiger partial charge in [0.2, 0.25) is 0 Å². The van der Waals surface area contributed by atoms with E-state index >= 15 is 0 Å². The number of benzene rings is 3. The molecule has 0 radical (unpaired) electrons. The highest BCUT2D eigenvalue weighted by Gasteiger charge is 2.73. The minimum Gasteiger partial charge on any atom is -0.447 e. The Hall–Kier alpha value is -4.53. The van der Waals surface area contributed by atoms with Crippen molar-refractivity contribution in [1.29, 1.82) is 0 Å². The molecule has 0 saturated heterocycles. The van der Waals surface area contributed by atoms with Crippen molar-refractivity contribution in [3.8, 4) is 0 Å². The van der Waals surface area contributed by atoms with Crippen LogP contribution in [0.3, 0.4) is 0 Å². The van der Waals surface area contributed by atoms with E-state index in [4.69, 9.17) is 9.47 Å². The molecule has 5 rings (SSSR count). The summed E-state index contributed by atoms with van der Waals surface area (Å²) in [5.41, 5.74) is -5.99. The van der Waals surface area contributed by atoms with Crippen molar-refractivity contribution in [2.75, 3.05) is 17.3 Å². The van der Waals surface area contributed by atoms with E-state index in [1.165, 1.54) is 32.0 Å². The molecule has 1 spiro atoms. The van der Waals surface area contributed by atoms with Gasteiger partial charge in [-0.3, -0.25) is 14.4 Å². The summed E-state index contributed by atoms with van der Waals surface area (Å²) in [6.07, 6.45) is -7.96. The Bertz CT molecular complexity index is 2480. The van der Waals surface area contributed by atoms with Crippen molar-refractivity contribution in [3.05, 3.63) is 102 Å². The van der Waals surface area contributed by atoms with Crippen LogP contribution in [0.25, 0.3) is 5.57 Å². The summed E-state index contributed by atoms with van der Waals surface area (Å²) in [6, 6.07) is 9.55. The second kappa shape index (κ2) is 19.0. The Labute approximate surface area is 387 Å². The predicted molar refractivity (Wildman–Crippen MR) is 239 cm³/mol. The number of nitrogens with one attached hydrogen (secondary N) is 2. The maximum Gasteiger partial charge on any atom is 0.435 e. The van der Waals surface area contributed by atoms with Crippen molar-refractivity contribution in [1.82, 2.24) is 5.32 Å². The fourth-order valence-corrected chi connectivity index (χ4v) is 10.2.